The maximum Gasteiger partial charge on any atom is 0.387 e. The monoisotopic (exact) mass is 293 g/mol. The number of phenols is 1. The number of carbonyl (C=O) groups is 1. The molecule has 0 unspecified atom stereocenters. The molecule has 1 amide bonds. The average Bonchev–Trinajstić information content (AvgIpc) is 2.45. The smallest absolute Gasteiger partial charge is 0.387 e. The summed E-state index contributed by atoms with van der Waals surface area (Å²) in [6.07, 6.45) is 0. The van der Waals surface area contributed by atoms with Gasteiger partial charge in [-0.1, -0.05) is 24.3 Å². The molecule has 2 N–H and O–H groups in total. The number of para-hydroxylation sites is 1. The van der Waals surface area contributed by atoms with Crippen LogP contribution in [0, 0.1) is 0 Å². The topological polar surface area (TPSA) is 58.6 Å². The number of amides is 1. The average molecular weight is 293 g/mol. The molecule has 0 heterocycles. The van der Waals surface area contributed by atoms with E-state index in [-0.39, 0.29) is 23.6 Å². The van der Waals surface area contributed by atoms with E-state index in [2.05, 4.69) is 10.1 Å². The van der Waals surface area contributed by atoms with Gasteiger partial charge in [-0.15, -0.1) is 0 Å². The number of nitrogens with one attached hydrogen (secondary N) is 1. The lowest BCUT2D eigenvalue weighted by Crippen LogP contribution is -2.22. The van der Waals surface area contributed by atoms with Gasteiger partial charge in [-0.05, 0) is 24.3 Å². The van der Waals surface area contributed by atoms with Crippen molar-refractivity contribution in [1.29, 1.82) is 0 Å². The summed E-state index contributed by atoms with van der Waals surface area (Å²) >= 11 is 0. The fourth-order valence-corrected chi connectivity index (χ4v) is 1.75. The maximum atomic E-state index is 12.1. The molecule has 0 aromatic heterocycles. The minimum Gasteiger partial charge on any atom is -0.508 e. The predicted molar refractivity (Wildman–Crippen MR) is 72.4 cm³/mol. The first-order chi connectivity index (χ1) is 10.1. The van der Waals surface area contributed by atoms with Gasteiger partial charge in [0, 0.05) is 17.7 Å². The summed E-state index contributed by atoms with van der Waals surface area (Å²) in [6.45, 7) is -2.81. The van der Waals surface area contributed by atoms with Crippen molar-refractivity contribution in [2.75, 3.05) is 0 Å². The molecule has 2 rings (SSSR count). The van der Waals surface area contributed by atoms with E-state index in [1.165, 1.54) is 30.3 Å². The number of hydrogen-bond donors (Lipinski definition) is 2. The van der Waals surface area contributed by atoms with E-state index < -0.39 is 12.5 Å². The molecule has 0 aliphatic heterocycles. The zero-order valence-corrected chi connectivity index (χ0v) is 10.9. The first-order valence-corrected chi connectivity index (χ1v) is 6.16. The van der Waals surface area contributed by atoms with Crippen molar-refractivity contribution < 1.29 is 23.4 Å². The number of alkyl halides is 2. The lowest BCUT2D eigenvalue weighted by atomic mass is 10.1. The third-order valence-electron chi connectivity index (χ3n) is 2.75. The number of halogens is 2. The zero-order valence-electron chi connectivity index (χ0n) is 10.9. The second-order valence-corrected chi connectivity index (χ2v) is 4.22. The number of phenolic OH excluding ortho intramolecular Hbond substituents is 1. The zero-order chi connectivity index (χ0) is 15.2. The highest BCUT2D eigenvalue weighted by Crippen LogP contribution is 2.17. The third-order valence-corrected chi connectivity index (χ3v) is 2.75. The Morgan fingerprint density at radius 1 is 1.19 bits per heavy atom. The summed E-state index contributed by atoms with van der Waals surface area (Å²) < 4.78 is 28.5. The number of benzene rings is 2. The van der Waals surface area contributed by atoms with Crippen molar-refractivity contribution in [1.82, 2.24) is 5.32 Å². The molecule has 21 heavy (non-hydrogen) atoms. The fraction of sp³-hybridized carbons (Fsp3) is 0.133. The van der Waals surface area contributed by atoms with Gasteiger partial charge in [0.2, 0.25) is 0 Å². The first kappa shape index (κ1) is 14.8. The fourth-order valence-electron chi connectivity index (χ4n) is 1.75. The van der Waals surface area contributed by atoms with Gasteiger partial charge in [0.05, 0.1) is 0 Å². The molecule has 0 fully saturated rings. The molecule has 2 aromatic rings. The van der Waals surface area contributed by atoms with Crippen LogP contribution in [0.15, 0.2) is 48.5 Å². The van der Waals surface area contributed by atoms with E-state index in [4.69, 9.17) is 0 Å². The Hall–Kier alpha value is -2.63. The Labute approximate surface area is 120 Å². The Kier molecular flexibility index (Phi) is 4.71. The molecule has 0 aliphatic carbocycles. The lowest BCUT2D eigenvalue weighted by molar-refractivity contribution is -0.0498. The van der Waals surface area contributed by atoms with E-state index >= 15 is 0 Å². The van der Waals surface area contributed by atoms with Gasteiger partial charge in [0.1, 0.15) is 11.5 Å². The summed E-state index contributed by atoms with van der Waals surface area (Å²) in [5.41, 5.74) is 0.759. The van der Waals surface area contributed by atoms with Gasteiger partial charge in [-0.2, -0.15) is 8.78 Å². The van der Waals surface area contributed by atoms with Crippen molar-refractivity contribution >= 4 is 5.91 Å². The quantitative estimate of drug-likeness (QED) is 0.891. The molecule has 0 atom stereocenters. The number of carbonyl (C=O) groups excluding carboxylic acids is 1. The van der Waals surface area contributed by atoms with Crippen molar-refractivity contribution in [2.45, 2.75) is 13.2 Å². The van der Waals surface area contributed by atoms with Crippen molar-refractivity contribution in [3.05, 3.63) is 59.7 Å². The number of rotatable bonds is 5. The summed E-state index contributed by atoms with van der Waals surface area (Å²) in [4.78, 5) is 11.9. The van der Waals surface area contributed by atoms with Gasteiger partial charge < -0.3 is 15.2 Å². The number of ether oxygens (including phenoxy) is 1. The van der Waals surface area contributed by atoms with Gasteiger partial charge in [0.15, 0.2) is 0 Å². The Bertz CT molecular complexity index is 632. The maximum absolute atomic E-state index is 12.1. The molecule has 0 saturated carbocycles. The van der Waals surface area contributed by atoms with Crippen LogP contribution in [0.2, 0.25) is 0 Å². The number of hydrogen-bond acceptors (Lipinski definition) is 3. The van der Waals surface area contributed by atoms with Crippen LogP contribution in [0.5, 0.6) is 11.5 Å². The lowest BCUT2D eigenvalue weighted by Gasteiger charge is -2.09. The number of aromatic hydroxyl groups is 1. The molecule has 0 aliphatic rings. The van der Waals surface area contributed by atoms with Crippen LogP contribution < -0.4 is 10.1 Å². The van der Waals surface area contributed by atoms with E-state index in [1.807, 2.05) is 0 Å². The minimum atomic E-state index is -2.94. The summed E-state index contributed by atoms with van der Waals surface area (Å²) in [5, 5.41) is 12.2. The van der Waals surface area contributed by atoms with Gasteiger partial charge in [-0.25, -0.2) is 0 Å². The van der Waals surface area contributed by atoms with Gasteiger partial charge >= 0.3 is 6.61 Å². The van der Waals surface area contributed by atoms with Crippen LogP contribution in [0.1, 0.15) is 15.9 Å². The van der Waals surface area contributed by atoms with Crippen LogP contribution in [0.4, 0.5) is 8.78 Å². The Balaban J connectivity index is 2.02. The summed E-state index contributed by atoms with van der Waals surface area (Å²) in [5.74, 6) is -0.453. The van der Waals surface area contributed by atoms with E-state index in [1.54, 1.807) is 18.2 Å². The highest BCUT2D eigenvalue weighted by atomic mass is 19.3. The van der Waals surface area contributed by atoms with Crippen LogP contribution in [0.25, 0.3) is 0 Å². The van der Waals surface area contributed by atoms with Crippen LogP contribution in [-0.4, -0.2) is 17.6 Å². The minimum absolute atomic E-state index is 0.0765. The van der Waals surface area contributed by atoms with Crippen molar-refractivity contribution in [3.8, 4) is 11.5 Å². The van der Waals surface area contributed by atoms with E-state index in [9.17, 15) is 18.7 Å². The van der Waals surface area contributed by atoms with Gasteiger partial charge in [0.25, 0.3) is 5.91 Å². The molecular formula is C15H13F2NO3. The Morgan fingerprint density at radius 2 is 1.95 bits per heavy atom. The molecular weight excluding hydrogens is 280 g/mol. The molecule has 2 aromatic carbocycles. The molecule has 6 heteroatoms. The largest absolute Gasteiger partial charge is 0.508 e. The normalized spacial score (nSPS) is 10.4. The second kappa shape index (κ2) is 6.69. The van der Waals surface area contributed by atoms with Crippen molar-refractivity contribution in [3.63, 3.8) is 0 Å². The predicted octanol–water partition coefficient (Wildman–Crippen LogP) is 2.92. The summed E-state index contributed by atoms with van der Waals surface area (Å²) in [6, 6.07) is 12.1. The van der Waals surface area contributed by atoms with E-state index in [0.29, 0.717) is 5.56 Å². The Morgan fingerprint density at radius 3 is 2.67 bits per heavy atom. The summed E-state index contributed by atoms with van der Waals surface area (Å²) in [7, 11) is 0. The SMILES string of the molecule is O=C(NCc1ccccc1O)c1cccc(OC(F)F)c1. The molecule has 0 bridgehead atoms. The molecule has 0 radical (unpaired) electrons. The van der Waals surface area contributed by atoms with Crippen molar-refractivity contribution in [2.24, 2.45) is 0 Å². The molecule has 110 valence electrons. The highest BCUT2D eigenvalue weighted by Gasteiger charge is 2.10. The van der Waals surface area contributed by atoms with E-state index in [0.717, 1.165) is 0 Å². The highest BCUT2D eigenvalue weighted by molar-refractivity contribution is 5.94. The van der Waals surface area contributed by atoms with Crippen LogP contribution in [-0.2, 0) is 6.54 Å². The third kappa shape index (κ3) is 4.17. The first-order valence-electron chi connectivity index (χ1n) is 6.16. The van der Waals surface area contributed by atoms with Crippen LogP contribution in [0.3, 0.4) is 0 Å². The molecule has 0 spiro atoms. The molecule has 4 nitrogen and oxygen atoms in total. The second-order valence-electron chi connectivity index (χ2n) is 4.22. The van der Waals surface area contributed by atoms with Crippen LogP contribution >= 0.6 is 0 Å². The standard InChI is InChI=1S/C15H13F2NO3/c16-15(17)21-12-6-3-5-10(8-12)14(20)18-9-11-4-1-2-7-13(11)19/h1-8,15,19H,9H2,(H,18,20). The molecule has 0 saturated heterocycles. The van der Waals surface area contributed by atoms with Gasteiger partial charge in [-0.3, -0.25) is 4.79 Å².